The van der Waals surface area contributed by atoms with Gasteiger partial charge in [-0.2, -0.15) is 5.26 Å². The number of halogens is 1. The molecule has 0 saturated carbocycles. The van der Waals surface area contributed by atoms with E-state index in [-0.39, 0.29) is 27.7 Å². The van der Waals surface area contributed by atoms with E-state index in [0.29, 0.717) is 6.42 Å². The number of nitrogens with two attached hydrogens (primary N) is 1. The second-order valence-corrected chi connectivity index (χ2v) is 5.67. The van der Waals surface area contributed by atoms with Crippen LogP contribution in [0.15, 0.2) is 12.1 Å². The Morgan fingerprint density at radius 2 is 2.18 bits per heavy atom. The van der Waals surface area contributed by atoms with E-state index in [0.717, 1.165) is 0 Å². The fourth-order valence-corrected chi connectivity index (χ4v) is 2.59. The molecule has 1 rings (SSSR count). The third-order valence-electron chi connectivity index (χ3n) is 2.04. The van der Waals surface area contributed by atoms with E-state index in [4.69, 9.17) is 22.6 Å². The van der Waals surface area contributed by atoms with Crippen molar-refractivity contribution in [3.63, 3.8) is 0 Å². The topological polar surface area (TPSA) is 96.0 Å². The maximum atomic E-state index is 11.6. The van der Waals surface area contributed by atoms with Gasteiger partial charge in [0, 0.05) is 0 Å². The van der Waals surface area contributed by atoms with Crippen LogP contribution in [0.1, 0.15) is 18.9 Å². The van der Waals surface area contributed by atoms with Crippen molar-refractivity contribution >= 4 is 33.0 Å². The highest BCUT2D eigenvalue weighted by Gasteiger charge is 2.15. The summed E-state index contributed by atoms with van der Waals surface area (Å²) >= 11 is 5.74. The zero-order chi connectivity index (χ0) is 13.1. The van der Waals surface area contributed by atoms with Gasteiger partial charge in [0.25, 0.3) is 0 Å². The molecule has 0 aliphatic rings. The van der Waals surface area contributed by atoms with E-state index < -0.39 is 10.0 Å². The first-order valence-corrected chi connectivity index (χ1v) is 6.93. The van der Waals surface area contributed by atoms with Crippen molar-refractivity contribution in [2.75, 3.05) is 16.2 Å². The summed E-state index contributed by atoms with van der Waals surface area (Å²) in [4.78, 5) is 0. The smallest absolute Gasteiger partial charge is 0.232 e. The average Bonchev–Trinajstić information content (AvgIpc) is 2.23. The number of sulfonamides is 1. The molecule has 0 saturated heterocycles. The van der Waals surface area contributed by atoms with Gasteiger partial charge in [0.1, 0.15) is 11.6 Å². The van der Waals surface area contributed by atoms with Gasteiger partial charge in [-0.3, -0.25) is 4.72 Å². The van der Waals surface area contributed by atoms with Crippen LogP contribution in [0.2, 0.25) is 5.02 Å². The molecule has 7 heteroatoms. The van der Waals surface area contributed by atoms with Gasteiger partial charge in [0.05, 0.1) is 22.2 Å². The van der Waals surface area contributed by atoms with E-state index in [9.17, 15) is 8.42 Å². The molecule has 5 nitrogen and oxygen atoms in total. The maximum absolute atomic E-state index is 11.6. The summed E-state index contributed by atoms with van der Waals surface area (Å²) in [6, 6.07) is 4.70. The standard InChI is InChI=1S/C10H12ClN3O2S/c1-2-5-17(15,16)14-9-4-3-8(11)10(13)7(9)6-12/h3-4,14H,2,5,13H2,1H3. The van der Waals surface area contributed by atoms with Crippen molar-refractivity contribution in [1.82, 2.24) is 0 Å². The number of hydrogen-bond donors (Lipinski definition) is 2. The van der Waals surface area contributed by atoms with Crippen LogP contribution in [0.4, 0.5) is 11.4 Å². The van der Waals surface area contributed by atoms with Crippen molar-refractivity contribution in [3.05, 3.63) is 22.7 Å². The number of benzene rings is 1. The molecule has 0 aromatic heterocycles. The van der Waals surface area contributed by atoms with Crippen LogP contribution in [0.25, 0.3) is 0 Å². The molecule has 1 aromatic rings. The number of nitrogens with zero attached hydrogens (tertiary/aromatic N) is 1. The molecule has 0 fully saturated rings. The van der Waals surface area contributed by atoms with E-state index in [1.165, 1.54) is 12.1 Å². The number of nitrogens with one attached hydrogen (secondary N) is 1. The third kappa shape index (κ3) is 3.25. The van der Waals surface area contributed by atoms with E-state index >= 15 is 0 Å². The SMILES string of the molecule is CCCS(=O)(=O)Nc1ccc(Cl)c(N)c1C#N. The van der Waals surface area contributed by atoms with E-state index in [2.05, 4.69) is 4.72 Å². The molecular formula is C10H12ClN3O2S. The number of nitrogen functional groups attached to an aromatic ring is 1. The van der Waals surface area contributed by atoms with Crippen LogP contribution in [-0.2, 0) is 10.0 Å². The van der Waals surface area contributed by atoms with Gasteiger partial charge in [0.15, 0.2) is 0 Å². The Bertz CT molecular complexity index is 564. The molecule has 3 N–H and O–H groups in total. The zero-order valence-electron chi connectivity index (χ0n) is 9.20. The first kappa shape index (κ1) is 13.6. The van der Waals surface area contributed by atoms with Crippen molar-refractivity contribution in [3.8, 4) is 6.07 Å². The number of rotatable bonds is 4. The second kappa shape index (κ2) is 5.25. The minimum atomic E-state index is -3.45. The van der Waals surface area contributed by atoms with Gasteiger partial charge in [-0.1, -0.05) is 18.5 Å². The highest BCUT2D eigenvalue weighted by Crippen LogP contribution is 2.29. The monoisotopic (exact) mass is 273 g/mol. The molecule has 0 spiro atoms. The van der Waals surface area contributed by atoms with Crippen LogP contribution in [0.3, 0.4) is 0 Å². The summed E-state index contributed by atoms with van der Waals surface area (Å²) in [6.45, 7) is 1.75. The first-order chi connectivity index (χ1) is 7.91. The summed E-state index contributed by atoms with van der Waals surface area (Å²) in [7, 11) is -3.45. The number of anilines is 2. The molecule has 0 aliphatic heterocycles. The largest absolute Gasteiger partial charge is 0.396 e. The molecule has 17 heavy (non-hydrogen) atoms. The molecule has 0 atom stereocenters. The summed E-state index contributed by atoms with van der Waals surface area (Å²) in [5, 5.41) is 9.15. The van der Waals surface area contributed by atoms with Crippen LogP contribution in [0.5, 0.6) is 0 Å². The Morgan fingerprint density at radius 1 is 1.53 bits per heavy atom. The molecule has 1 aromatic carbocycles. The normalized spacial score (nSPS) is 10.9. The predicted octanol–water partition coefficient (Wildman–Crippen LogP) is 1.95. The molecule has 0 amide bonds. The number of nitriles is 1. The summed E-state index contributed by atoms with van der Waals surface area (Å²) in [6.07, 6.45) is 0.486. The second-order valence-electron chi connectivity index (χ2n) is 3.42. The zero-order valence-corrected chi connectivity index (χ0v) is 10.8. The Morgan fingerprint density at radius 3 is 2.71 bits per heavy atom. The van der Waals surface area contributed by atoms with Crippen LogP contribution < -0.4 is 10.5 Å². The minimum Gasteiger partial charge on any atom is -0.396 e. The fourth-order valence-electron chi connectivity index (χ4n) is 1.29. The molecule has 0 unspecified atom stereocenters. The van der Waals surface area contributed by atoms with Crippen LogP contribution in [-0.4, -0.2) is 14.2 Å². The average molecular weight is 274 g/mol. The lowest BCUT2D eigenvalue weighted by molar-refractivity contribution is 0.600. The van der Waals surface area contributed by atoms with E-state index in [1.807, 2.05) is 6.07 Å². The lowest BCUT2D eigenvalue weighted by Crippen LogP contribution is -2.17. The Balaban J connectivity index is 3.18. The molecule has 92 valence electrons. The van der Waals surface area contributed by atoms with E-state index in [1.54, 1.807) is 6.92 Å². The Hall–Kier alpha value is -1.45. The highest BCUT2D eigenvalue weighted by molar-refractivity contribution is 7.92. The quantitative estimate of drug-likeness (QED) is 0.820. The van der Waals surface area contributed by atoms with Gasteiger partial charge >= 0.3 is 0 Å². The lowest BCUT2D eigenvalue weighted by atomic mass is 10.1. The van der Waals surface area contributed by atoms with Gasteiger partial charge in [-0.05, 0) is 18.6 Å². The van der Waals surface area contributed by atoms with Crippen molar-refractivity contribution in [1.29, 1.82) is 5.26 Å². The molecule has 0 bridgehead atoms. The molecular weight excluding hydrogens is 262 g/mol. The first-order valence-electron chi connectivity index (χ1n) is 4.90. The lowest BCUT2D eigenvalue weighted by Gasteiger charge is -2.10. The minimum absolute atomic E-state index is 0.0135. The van der Waals surface area contributed by atoms with Crippen molar-refractivity contribution in [2.45, 2.75) is 13.3 Å². The maximum Gasteiger partial charge on any atom is 0.232 e. The molecule has 0 radical (unpaired) electrons. The summed E-state index contributed by atoms with van der Waals surface area (Å²) in [5.74, 6) is -0.0135. The Labute approximate surface area is 105 Å². The van der Waals surface area contributed by atoms with Crippen molar-refractivity contribution in [2.24, 2.45) is 0 Å². The number of hydrogen-bond acceptors (Lipinski definition) is 4. The Kier molecular flexibility index (Phi) is 4.21. The third-order valence-corrected chi connectivity index (χ3v) is 3.85. The predicted molar refractivity (Wildman–Crippen MR) is 68.3 cm³/mol. The van der Waals surface area contributed by atoms with Gasteiger partial charge in [-0.25, -0.2) is 8.42 Å². The van der Waals surface area contributed by atoms with Gasteiger partial charge in [0.2, 0.25) is 10.0 Å². The van der Waals surface area contributed by atoms with Gasteiger partial charge in [-0.15, -0.1) is 0 Å². The molecule has 0 heterocycles. The van der Waals surface area contributed by atoms with Crippen LogP contribution in [0, 0.1) is 11.3 Å². The highest BCUT2D eigenvalue weighted by atomic mass is 35.5. The summed E-state index contributed by atoms with van der Waals surface area (Å²) in [5.41, 5.74) is 5.87. The van der Waals surface area contributed by atoms with Crippen molar-refractivity contribution < 1.29 is 8.42 Å². The fraction of sp³-hybridized carbons (Fsp3) is 0.300. The molecule has 0 aliphatic carbocycles. The summed E-state index contributed by atoms with van der Waals surface area (Å²) < 4.78 is 25.5. The van der Waals surface area contributed by atoms with Gasteiger partial charge < -0.3 is 5.73 Å². The van der Waals surface area contributed by atoms with Crippen LogP contribution >= 0.6 is 11.6 Å².